The third-order valence-corrected chi connectivity index (χ3v) is 10.00. The van der Waals surface area contributed by atoms with Gasteiger partial charge >= 0.3 is 0 Å². The first-order valence-corrected chi connectivity index (χ1v) is 15.8. The number of nitrogens with zero attached hydrogens (tertiary/aromatic N) is 1. The average molecular weight is 550 g/mol. The molecule has 8 heteroatoms. The molecule has 0 aromatic heterocycles. The van der Waals surface area contributed by atoms with Gasteiger partial charge in [-0.2, -0.15) is 0 Å². The van der Waals surface area contributed by atoms with Crippen LogP contribution in [0.15, 0.2) is 53.0 Å². The SMILES string of the molecule is CSc1cccc(NC(=O)[C@@H]2[C@@H]3C=C[C@]4(O3)[C@@H]2C(=O)N(CCC2=CCCCC2)[C@@H]4C(=O)NC2CCCCC2)c1. The van der Waals surface area contributed by atoms with Crippen molar-refractivity contribution in [2.45, 2.75) is 92.9 Å². The fourth-order valence-electron chi connectivity index (χ4n) is 7.36. The van der Waals surface area contributed by atoms with E-state index in [1.54, 1.807) is 16.7 Å². The van der Waals surface area contributed by atoms with Gasteiger partial charge < -0.3 is 20.3 Å². The molecule has 1 spiro atoms. The van der Waals surface area contributed by atoms with E-state index < -0.39 is 29.6 Å². The number of hydrogen-bond donors (Lipinski definition) is 2. The predicted molar refractivity (Wildman–Crippen MR) is 152 cm³/mol. The van der Waals surface area contributed by atoms with Crippen molar-refractivity contribution in [1.29, 1.82) is 0 Å². The van der Waals surface area contributed by atoms with Crippen molar-refractivity contribution in [3.63, 3.8) is 0 Å². The monoisotopic (exact) mass is 549 g/mol. The van der Waals surface area contributed by atoms with Crippen LogP contribution < -0.4 is 10.6 Å². The maximum Gasteiger partial charge on any atom is 0.246 e. The Morgan fingerprint density at radius 3 is 2.74 bits per heavy atom. The molecule has 3 amide bonds. The average Bonchev–Trinajstić information content (AvgIpc) is 3.60. The minimum Gasteiger partial charge on any atom is -0.359 e. The van der Waals surface area contributed by atoms with Crippen molar-refractivity contribution in [2.75, 3.05) is 18.1 Å². The summed E-state index contributed by atoms with van der Waals surface area (Å²) in [6.07, 6.45) is 18.2. The van der Waals surface area contributed by atoms with E-state index in [1.807, 2.05) is 42.7 Å². The van der Waals surface area contributed by atoms with Crippen molar-refractivity contribution in [3.05, 3.63) is 48.1 Å². The number of ether oxygens (including phenoxy) is 1. The molecular weight excluding hydrogens is 510 g/mol. The molecule has 5 aliphatic rings. The highest BCUT2D eigenvalue weighted by Gasteiger charge is 2.72. The molecule has 2 saturated heterocycles. The first-order valence-electron chi connectivity index (χ1n) is 14.6. The van der Waals surface area contributed by atoms with Crippen molar-refractivity contribution in [3.8, 4) is 0 Å². The predicted octanol–water partition coefficient (Wildman–Crippen LogP) is 4.84. The largest absolute Gasteiger partial charge is 0.359 e. The van der Waals surface area contributed by atoms with Crippen LogP contribution in [0.4, 0.5) is 5.69 Å². The fourth-order valence-corrected chi connectivity index (χ4v) is 7.82. The summed E-state index contributed by atoms with van der Waals surface area (Å²) < 4.78 is 6.50. The number of nitrogens with one attached hydrogen (secondary N) is 2. The molecule has 3 heterocycles. The lowest BCUT2D eigenvalue weighted by Crippen LogP contribution is -2.56. The molecular formula is C31H39N3O4S. The van der Waals surface area contributed by atoms with Crippen LogP contribution in [0, 0.1) is 11.8 Å². The number of anilines is 1. The highest BCUT2D eigenvalue weighted by Crippen LogP contribution is 2.55. The second kappa shape index (κ2) is 11.1. The number of fused-ring (bicyclic) bond motifs is 1. The van der Waals surface area contributed by atoms with Gasteiger partial charge in [0.25, 0.3) is 0 Å². The Balaban J connectivity index is 1.27. The zero-order chi connectivity index (χ0) is 27.0. The molecule has 6 rings (SSSR count). The minimum atomic E-state index is -1.11. The zero-order valence-electron chi connectivity index (χ0n) is 22.7. The van der Waals surface area contributed by atoms with Gasteiger partial charge in [0.05, 0.1) is 17.9 Å². The van der Waals surface area contributed by atoms with Crippen molar-refractivity contribution >= 4 is 35.2 Å². The Bertz CT molecular complexity index is 1190. The van der Waals surface area contributed by atoms with Gasteiger partial charge in [-0.05, 0) is 69.4 Å². The highest BCUT2D eigenvalue weighted by atomic mass is 32.2. The number of thioether (sulfide) groups is 1. The number of rotatable bonds is 8. The van der Waals surface area contributed by atoms with Gasteiger partial charge in [-0.1, -0.05) is 49.1 Å². The molecule has 2 aliphatic carbocycles. The van der Waals surface area contributed by atoms with Gasteiger partial charge in [-0.25, -0.2) is 0 Å². The number of carbonyl (C=O) groups excluding carboxylic acids is 3. The summed E-state index contributed by atoms with van der Waals surface area (Å²) in [6, 6.07) is 7.06. The van der Waals surface area contributed by atoms with Crippen LogP contribution >= 0.6 is 11.8 Å². The number of carbonyl (C=O) groups is 3. The standard InChI is InChI=1S/C31H39N3O4S/c1-39-23-14-8-13-22(19-23)33-28(35)25-24-15-17-31(38-24)26(25)30(37)34(18-16-20-9-4-2-5-10-20)27(31)29(36)32-21-11-6-3-7-12-21/h8-9,13-15,17,19,21,24-27H,2-7,10-12,16,18H2,1H3,(H,32,36)(H,33,35)/t24-,25+,26-,27+,31-/m0/s1. The summed E-state index contributed by atoms with van der Waals surface area (Å²) in [5.41, 5.74) is 0.953. The van der Waals surface area contributed by atoms with Crippen LogP contribution in [-0.4, -0.2) is 59.2 Å². The maximum atomic E-state index is 14.1. The summed E-state index contributed by atoms with van der Waals surface area (Å²) in [5, 5.41) is 6.31. The summed E-state index contributed by atoms with van der Waals surface area (Å²) in [6.45, 7) is 0.470. The molecule has 3 fully saturated rings. The maximum absolute atomic E-state index is 14.1. The van der Waals surface area contributed by atoms with E-state index in [1.165, 1.54) is 24.8 Å². The van der Waals surface area contributed by atoms with Crippen LogP contribution in [0.2, 0.25) is 0 Å². The van der Waals surface area contributed by atoms with Crippen LogP contribution in [-0.2, 0) is 19.1 Å². The van der Waals surface area contributed by atoms with E-state index in [-0.39, 0.29) is 23.8 Å². The summed E-state index contributed by atoms with van der Waals surface area (Å²) >= 11 is 1.61. The van der Waals surface area contributed by atoms with Gasteiger partial charge in [0.2, 0.25) is 17.7 Å². The van der Waals surface area contributed by atoms with Crippen molar-refractivity contribution in [2.24, 2.45) is 11.8 Å². The fraction of sp³-hybridized carbons (Fsp3) is 0.581. The Morgan fingerprint density at radius 1 is 1.13 bits per heavy atom. The summed E-state index contributed by atoms with van der Waals surface area (Å²) in [5.74, 6) is -1.90. The van der Waals surface area contributed by atoms with Crippen LogP contribution in [0.25, 0.3) is 0 Å². The number of allylic oxidation sites excluding steroid dienone is 1. The molecule has 1 saturated carbocycles. The topological polar surface area (TPSA) is 87.7 Å². The van der Waals surface area contributed by atoms with Crippen LogP contribution in [0.5, 0.6) is 0 Å². The van der Waals surface area contributed by atoms with Gasteiger partial charge in [0.15, 0.2) is 0 Å². The third-order valence-electron chi connectivity index (χ3n) is 9.27. The van der Waals surface area contributed by atoms with E-state index in [0.717, 1.165) is 49.8 Å². The van der Waals surface area contributed by atoms with E-state index in [4.69, 9.17) is 4.74 Å². The van der Waals surface area contributed by atoms with Crippen LogP contribution in [0.3, 0.4) is 0 Å². The molecule has 2 bridgehead atoms. The molecule has 5 atom stereocenters. The molecule has 0 unspecified atom stereocenters. The third kappa shape index (κ3) is 4.95. The lowest BCUT2D eigenvalue weighted by molar-refractivity contribution is -0.141. The van der Waals surface area contributed by atoms with Crippen molar-refractivity contribution < 1.29 is 19.1 Å². The number of hydrogen-bond acceptors (Lipinski definition) is 5. The number of likely N-dealkylation sites (tertiary alicyclic amines) is 1. The van der Waals surface area contributed by atoms with E-state index in [2.05, 4.69) is 16.7 Å². The Kier molecular flexibility index (Phi) is 7.60. The number of amides is 3. The summed E-state index contributed by atoms with van der Waals surface area (Å²) in [7, 11) is 0. The highest BCUT2D eigenvalue weighted by molar-refractivity contribution is 7.98. The van der Waals surface area contributed by atoms with Gasteiger partial charge in [0.1, 0.15) is 11.6 Å². The Morgan fingerprint density at radius 2 is 1.97 bits per heavy atom. The summed E-state index contributed by atoms with van der Waals surface area (Å²) in [4.78, 5) is 44.6. The minimum absolute atomic E-state index is 0.130. The first-order chi connectivity index (χ1) is 19.0. The van der Waals surface area contributed by atoms with Gasteiger partial charge in [-0.3, -0.25) is 14.4 Å². The lowest BCUT2D eigenvalue weighted by atomic mass is 9.74. The van der Waals surface area contributed by atoms with E-state index >= 15 is 0 Å². The second-order valence-corrected chi connectivity index (χ2v) is 12.5. The molecule has 1 aromatic carbocycles. The molecule has 1 aromatic rings. The molecule has 208 valence electrons. The zero-order valence-corrected chi connectivity index (χ0v) is 23.5. The second-order valence-electron chi connectivity index (χ2n) is 11.7. The van der Waals surface area contributed by atoms with Crippen molar-refractivity contribution in [1.82, 2.24) is 10.2 Å². The molecule has 39 heavy (non-hydrogen) atoms. The van der Waals surface area contributed by atoms with Gasteiger partial charge in [0, 0.05) is 23.2 Å². The van der Waals surface area contributed by atoms with E-state index in [0.29, 0.717) is 12.2 Å². The normalized spacial score (nSPS) is 31.8. The number of benzene rings is 1. The molecule has 0 radical (unpaired) electrons. The molecule has 3 aliphatic heterocycles. The Labute approximate surface area is 235 Å². The Hall–Kier alpha value is -2.58. The van der Waals surface area contributed by atoms with Crippen LogP contribution in [0.1, 0.15) is 64.2 Å². The lowest BCUT2D eigenvalue weighted by Gasteiger charge is -2.34. The molecule has 7 nitrogen and oxygen atoms in total. The quantitative estimate of drug-likeness (QED) is 0.358. The first kappa shape index (κ1) is 26.6. The molecule has 2 N–H and O–H groups in total. The smallest absolute Gasteiger partial charge is 0.246 e. The van der Waals surface area contributed by atoms with Gasteiger partial charge in [-0.15, -0.1) is 11.8 Å². The van der Waals surface area contributed by atoms with E-state index in [9.17, 15) is 14.4 Å².